The molecule has 1 aromatic heterocycles. The predicted molar refractivity (Wildman–Crippen MR) is 109 cm³/mol. The lowest BCUT2D eigenvalue weighted by molar-refractivity contribution is -0.384. The normalized spacial score (nSPS) is 10.5. The largest absolute Gasteiger partial charge is 0.325 e. The van der Waals surface area contributed by atoms with E-state index in [0.29, 0.717) is 10.7 Å². The number of anilines is 1. The van der Waals surface area contributed by atoms with E-state index in [1.165, 1.54) is 41.6 Å². The molecule has 0 aliphatic carbocycles. The number of amides is 1. The predicted octanol–water partition coefficient (Wildman–Crippen LogP) is 4.35. The van der Waals surface area contributed by atoms with Crippen molar-refractivity contribution >= 4 is 29.0 Å². The van der Waals surface area contributed by atoms with Crippen molar-refractivity contribution in [1.82, 2.24) is 10.2 Å². The minimum absolute atomic E-state index is 0.0212. The molecule has 1 heterocycles. The molecule has 28 heavy (non-hydrogen) atoms. The molecule has 0 saturated carbocycles. The highest BCUT2D eigenvalue weighted by Crippen LogP contribution is 2.21. The standard InChI is InChI=1S/C20H18N4O3S/c1-2-14-3-5-15(6-4-14)18-11-12-20(23-22-18)28-13-19(25)21-16-7-9-17(10-8-16)24(26)27/h3-12H,2,13H2,1H3,(H,21,25). The maximum absolute atomic E-state index is 12.0. The molecule has 0 atom stereocenters. The molecule has 0 fully saturated rings. The Morgan fingerprint density at radius 1 is 1.04 bits per heavy atom. The number of thioether (sulfide) groups is 1. The van der Waals surface area contributed by atoms with Gasteiger partial charge in [0.2, 0.25) is 5.91 Å². The van der Waals surface area contributed by atoms with Crippen LogP contribution in [0.4, 0.5) is 11.4 Å². The zero-order valence-corrected chi connectivity index (χ0v) is 16.0. The van der Waals surface area contributed by atoms with Gasteiger partial charge in [-0.25, -0.2) is 0 Å². The summed E-state index contributed by atoms with van der Waals surface area (Å²) < 4.78 is 0. The van der Waals surface area contributed by atoms with Gasteiger partial charge in [0, 0.05) is 23.4 Å². The highest BCUT2D eigenvalue weighted by Gasteiger charge is 2.08. The number of nitrogens with zero attached hydrogens (tertiary/aromatic N) is 3. The molecule has 8 heteroatoms. The summed E-state index contributed by atoms with van der Waals surface area (Å²) in [4.78, 5) is 22.2. The van der Waals surface area contributed by atoms with Crippen LogP contribution in [-0.2, 0) is 11.2 Å². The number of non-ortho nitro benzene ring substituents is 1. The minimum atomic E-state index is -0.484. The van der Waals surface area contributed by atoms with Crippen LogP contribution in [0.25, 0.3) is 11.3 Å². The van der Waals surface area contributed by atoms with Crippen LogP contribution >= 0.6 is 11.8 Å². The minimum Gasteiger partial charge on any atom is -0.325 e. The first-order chi connectivity index (χ1) is 13.5. The number of nitro groups is 1. The number of carbonyl (C=O) groups excluding carboxylic acids is 1. The van der Waals surface area contributed by atoms with E-state index in [1.54, 1.807) is 0 Å². The van der Waals surface area contributed by atoms with E-state index in [9.17, 15) is 14.9 Å². The third-order valence-electron chi connectivity index (χ3n) is 4.01. The van der Waals surface area contributed by atoms with Crippen molar-refractivity contribution in [1.29, 1.82) is 0 Å². The van der Waals surface area contributed by atoms with Crippen molar-refractivity contribution < 1.29 is 9.72 Å². The molecule has 142 valence electrons. The maximum Gasteiger partial charge on any atom is 0.269 e. The van der Waals surface area contributed by atoms with Gasteiger partial charge in [-0.15, -0.1) is 10.2 Å². The van der Waals surface area contributed by atoms with Crippen molar-refractivity contribution in [2.75, 3.05) is 11.1 Å². The quantitative estimate of drug-likeness (QED) is 0.363. The molecule has 1 N–H and O–H groups in total. The molecule has 1 amide bonds. The van der Waals surface area contributed by atoms with Crippen LogP contribution in [0, 0.1) is 10.1 Å². The number of carbonyl (C=O) groups is 1. The van der Waals surface area contributed by atoms with Crippen molar-refractivity contribution in [3.63, 3.8) is 0 Å². The summed E-state index contributed by atoms with van der Waals surface area (Å²) in [6.07, 6.45) is 0.990. The Bertz CT molecular complexity index is 958. The molecule has 0 bridgehead atoms. The van der Waals surface area contributed by atoms with Crippen LogP contribution in [0.3, 0.4) is 0 Å². The Morgan fingerprint density at radius 3 is 2.32 bits per heavy atom. The number of rotatable bonds is 7. The fraction of sp³-hybridized carbons (Fsp3) is 0.150. The number of benzene rings is 2. The lowest BCUT2D eigenvalue weighted by Crippen LogP contribution is -2.14. The van der Waals surface area contributed by atoms with Crippen LogP contribution in [-0.4, -0.2) is 26.8 Å². The zero-order chi connectivity index (χ0) is 19.9. The van der Waals surface area contributed by atoms with E-state index in [2.05, 4.69) is 34.6 Å². The van der Waals surface area contributed by atoms with E-state index in [4.69, 9.17) is 0 Å². The summed E-state index contributed by atoms with van der Waals surface area (Å²) in [7, 11) is 0. The molecule has 0 aliphatic rings. The third-order valence-corrected chi connectivity index (χ3v) is 4.93. The van der Waals surface area contributed by atoms with Crippen LogP contribution in [0.5, 0.6) is 0 Å². The summed E-state index contributed by atoms with van der Waals surface area (Å²) >= 11 is 1.27. The summed E-state index contributed by atoms with van der Waals surface area (Å²) in [5.74, 6) is -0.0594. The lowest BCUT2D eigenvalue weighted by atomic mass is 10.1. The second kappa shape index (κ2) is 9.09. The van der Waals surface area contributed by atoms with Crippen LogP contribution in [0.2, 0.25) is 0 Å². The van der Waals surface area contributed by atoms with E-state index in [1.807, 2.05) is 24.3 Å². The van der Waals surface area contributed by atoms with E-state index < -0.39 is 4.92 Å². The number of aromatic nitrogens is 2. The van der Waals surface area contributed by atoms with E-state index >= 15 is 0 Å². The van der Waals surface area contributed by atoms with Crippen LogP contribution in [0.1, 0.15) is 12.5 Å². The van der Waals surface area contributed by atoms with Gasteiger partial charge in [0.05, 0.1) is 16.4 Å². The highest BCUT2D eigenvalue weighted by molar-refractivity contribution is 7.99. The number of aryl methyl sites for hydroxylation is 1. The Morgan fingerprint density at radius 2 is 1.75 bits per heavy atom. The molecule has 0 spiro atoms. The maximum atomic E-state index is 12.0. The number of nitro benzene ring substituents is 1. The first-order valence-corrected chi connectivity index (χ1v) is 9.64. The average Bonchev–Trinajstić information content (AvgIpc) is 2.73. The molecule has 0 saturated heterocycles. The van der Waals surface area contributed by atoms with Crippen LogP contribution in [0.15, 0.2) is 65.7 Å². The first-order valence-electron chi connectivity index (χ1n) is 8.65. The lowest BCUT2D eigenvalue weighted by Gasteiger charge is -2.05. The Kier molecular flexibility index (Phi) is 6.33. The van der Waals surface area contributed by atoms with Crippen molar-refractivity contribution in [3.8, 4) is 11.3 Å². The Hall–Kier alpha value is -3.26. The highest BCUT2D eigenvalue weighted by atomic mass is 32.2. The fourth-order valence-electron chi connectivity index (χ4n) is 2.47. The second-order valence-corrected chi connectivity index (χ2v) is 6.94. The van der Waals surface area contributed by atoms with Gasteiger partial charge in [-0.1, -0.05) is 43.0 Å². The van der Waals surface area contributed by atoms with Gasteiger partial charge in [0.1, 0.15) is 5.03 Å². The molecule has 3 rings (SSSR count). The molecule has 0 radical (unpaired) electrons. The number of nitrogens with one attached hydrogen (secondary N) is 1. The first kappa shape index (κ1) is 19.5. The topological polar surface area (TPSA) is 98.0 Å². The molecular weight excluding hydrogens is 376 g/mol. The van der Waals surface area contributed by atoms with Crippen LogP contribution < -0.4 is 5.32 Å². The molecule has 0 aliphatic heterocycles. The van der Waals surface area contributed by atoms with Crippen molar-refractivity contribution in [3.05, 3.63) is 76.3 Å². The number of hydrogen-bond donors (Lipinski definition) is 1. The van der Waals surface area contributed by atoms with Gasteiger partial charge in [-0.05, 0) is 36.2 Å². The van der Waals surface area contributed by atoms with Crippen molar-refractivity contribution in [2.45, 2.75) is 18.4 Å². The summed E-state index contributed by atoms with van der Waals surface area (Å²) in [5.41, 5.74) is 3.53. The van der Waals surface area contributed by atoms with E-state index in [-0.39, 0.29) is 17.3 Å². The fourth-order valence-corrected chi connectivity index (χ4v) is 3.08. The molecule has 0 unspecified atom stereocenters. The molecular formula is C20H18N4O3S. The summed E-state index contributed by atoms with van der Waals surface area (Å²) in [5, 5.41) is 22.4. The van der Waals surface area contributed by atoms with Crippen molar-refractivity contribution in [2.24, 2.45) is 0 Å². The van der Waals surface area contributed by atoms with Gasteiger partial charge >= 0.3 is 0 Å². The Labute approximate surface area is 166 Å². The third kappa shape index (κ3) is 5.14. The van der Waals surface area contributed by atoms with Gasteiger partial charge in [0.25, 0.3) is 5.69 Å². The van der Waals surface area contributed by atoms with E-state index in [0.717, 1.165) is 17.7 Å². The Balaban J connectivity index is 1.53. The second-order valence-electron chi connectivity index (χ2n) is 5.95. The number of hydrogen-bond acceptors (Lipinski definition) is 6. The monoisotopic (exact) mass is 394 g/mol. The summed E-state index contributed by atoms with van der Waals surface area (Å²) in [6.45, 7) is 2.11. The van der Waals surface area contributed by atoms with Gasteiger partial charge in [0.15, 0.2) is 0 Å². The average molecular weight is 394 g/mol. The van der Waals surface area contributed by atoms with Gasteiger partial charge < -0.3 is 5.32 Å². The SMILES string of the molecule is CCc1ccc(-c2ccc(SCC(=O)Nc3ccc([N+](=O)[O-])cc3)nn2)cc1. The molecule has 7 nitrogen and oxygen atoms in total. The molecule has 3 aromatic rings. The zero-order valence-electron chi connectivity index (χ0n) is 15.2. The smallest absolute Gasteiger partial charge is 0.269 e. The van der Waals surface area contributed by atoms with Gasteiger partial charge in [-0.2, -0.15) is 0 Å². The summed E-state index contributed by atoms with van der Waals surface area (Å²) in [6, 6.07) is 17.6. The van der Waals surface area contributed by atoms with Gasteiger partial charge in [-0.3, -0.25) is 14.9 Å². The molecule has 2 aromatic carbocycles.